The fraction of sp³-hybridized carbons (Fsp3) is 0.457. The molecule has 2 heterocycles. The molecule has 1 saturated heterocycles. The molecular weight excluding hydrogens is 548 g/mol. The molecule has 1 amide bonds. The molecule has 7 heteroatoms. The molecule has 0 bridgehead atoms. The lowest BCUT2D eigenvalue weighted by Crippen LogP contribution is -2.41. The highest BCUT2D eigenvalue weighted by molar-refractivity contribution is 6.30. The third-order valence-electron chi connectivity index (χ3n) is 8.38. The van der Waals surface area contributed by atoms with Gasteiger partial charge in [0.15, 0.2) is 11.5 Å². The van der Waals surface area contributed by atoms with Crippen LogP contribution in [0.4, 0.5) is 5.69 Å². The third kappa shape index (κ3) is 6.94. The van der Waals surface area contributed by atoms with Crippen molar-refractivity contribution in [2.24, 2.45) is 0 Å². The van der Waals surface area contributed by atoms with Gasteiger partial charge in [0.25, 0.3) is 0 Å². The Kier molecular flexibility index (Phi) is 10.9. The standard InChI is InChI=1S/C33H39ClN2O4.C2H6/c1-5-21(2)40-31-20-29-25(18-30(31)39-4)19-32(38)36(33(29)24-6-10-26(34)11-7-24)27-12-8-23(9-13-27)22(3)35-16-14-28(37)15-17-35;1-2/h6-13,18,20-22,28,33,37H,5,14-17,19H2,1-4H3;1-2H3/t21-,22?,33?;/m1./s1. The van der Waals surface area contributed by atoms with Gasteiger partial charge in [0, 0.05) is 29.8 Å². The predicted molar refractivity (Wildman–Crippen MR) is 171 cm³/mol. The summed E-state index contributed by atoms with van der Waals surface area (Å²) in [6.45, 7) is 12.1. The molecule has 0 saturated carbocycles. The normalized spacial score (nSPS) is 18.9. The van der Waals surface area contributed by atoms with Crippen LogP contribution in [0.15, 0.2) is 60.7 Å². The number of benzene rings is 3. The number of aliphatic hydroxyl groups excluding tert-OH is 1. The fourth-order valence-electron chi connectivity index (χ4n) is 5.77. The van der Waals surface area contributed by atoms with E-state index in [-0.39, 0.29) is 36.6 Å². The highest BCUT2D eigenvalue weighted by Crippen LogP contribution is 2.44. The van der Waals surface area contributed by atoms with E-state index in [1.165, 1.54) is 5.56 Å². The summed E-state index contributed by atoms with van der Waals surface area (Å²) in [7, 11) is 1.63. The number of nitrogens with zero attached hydrogens (tertiary/aromatic N) is 2. The molecule has 3 aromatic carbocycles. The van der Waals surface area contributed by atoms with Crippen LogP contribution < -0.4 is 14.4 Å². The molecule has 6 nitrogen and oxygen atoms in total. The number of carbonyl (C=O) groups is 1. The first-order valence-corrected chi connectivity index (χ1v) is 15.6. The van der Waals surface area contributed by atoms with Gasteiger partial charge in [-0.3, -0.25) is 9.69 Å². The Balaban J connectivity index is 0.00000198. The largest absolute Gasteiger partial charge is 0.493 e. The predicted octanol–water partition coefficient (Wildman–Crippen LogP) is 7.75. The van der Waals surface area contributed by atoms with Crippen molar-refractivity contribution < 1.29 is 19.4 Å². The van der Waals surface area contributed by atoms with Crippen LogP contribution in [-0.2, 0) is 11.2 Å². The van der Waals surface area contributed by atoms with Crippen molar-refractivity contribution in [2.75, 3.05) is 25.1 Å². The summed E-state index contributed by atoms with van der Waals surface area (Å²) < 4.78 is 11.9. The van der Waals surface area contributed by atoms with E-state index in [1.807, 2.05) is 62.1 Å². The lowest BCUT2D eigenvalue weighted by Gasteiger charge is -2.38. The monoisotopic (exact) mass is 592 g/mol. The Morgan fingerprint density at radius 2 is 1.62 bits per heavy atom. The summed E-state index contributed by atoms with van der Waals surface area (Å²) in [5.74, 6) is 1.34. The number of carbonyl (C=O) groups excluding carboxylic acids is 1. The van der Waals surface area contributed by atoms with E-state index in [1.54, 1.807) is 7.11 Å². The minimum atomic E-state index is -0.342. The number of likely N-dealkylation sites (tertiary alicyclic amines) is 1. The second kappa shape index (κ2) is 14.4. The van der Waals surface area contributed by atoms with Crippen LogP contribution in [0, 0.1) is 0 Å². The number of piperidine rings is 1. The minimum absolute atomic E-state index is 0.0240. The van der Waals surface area contributed by atoms with Crippen LogP contribution >= 0.6 is 11.6 Å². The number of halogens is 1. The Bertz CT molecular complexity index is 1320. The number of ether oxygens (including phenoxy) is 2. The minimum Gasteiger partial charge on any atom is -0.493 e. The van der Waals surface area contributed by atoms with Crippen molar-refractivity contribution in [3.63, 3.8) is 0 Å². The summed E-state index contributed by atoms with van der Waals surface area (Å²) in [6.07, 6.45) is 2.59. The van der Waals surface area contributed by atoms with E-state index in [0.717, 1.165) is 54.7 Å². The molecule has 0 radical (unpaired) electrons. The molecule has 3 aromatic rings. The Morgan fingerprint density at radius 3 is 2.21 bits per heavy atom. The summed E-state index contributed by atoms with van der Waals surface area (Å²) in [6, 6.07) is 20.0. The van der Waals surface area contributed by atoms with Crippen molar-refractivity contribution in [1.82, 2.24) is 4.90 Å². The zero-order valence-electron chi connectivity index (χ0n) is 25.8. The number of anilines is 1. The lowest BCUT2D eigenvalue weighted by molar-refractivity contribution is -0.118. The van der Waals surface area contributed by atoms with Gasteiger partial charge in [0.05, 0.1) is 31.8 Å². The second-order valence-corrected chi connectivity index (χ2v) is 11.4. The van der Waals surface area contributed by atoms with E-state index in [2.05, 4.69) is 43.0 Å². The maximum atomic E-state index is 13.8. The summed E-state index contributed by atoms with van der Waals surface area (Å²) in [5, 5.41) is 10.6. The quantitative estimate of drug-likeness (QED) is 0.290. The number of fused-ring (bicyclic) bond motifs is 1. The first-order chi connectivity index (χ1) is 20.3. The van der Waals surface area contributed by atoms with Crippen molar-refractivity contribution in [2.45, 2.75) is 84.6 Å². The molecule has 5 rings (SSSR count). The Morgan fingerprint density at radius 1 is 0.976 bits per heavy atom. The summed E-state index contributed by atoms with van der Waals surface area (Å²) in [5.41, 5.74) is 4.97. The van der Waals surface area contributed by atoms with Crippen molar-refractivity contribution in [1.29, 1.82) is 0 Å². The lowest BCUT2D eigenvalue weighted by atomic mass is 9.86. The molecule has 2 unspecified atom stereocenters. The Labute approximate surface area is 256 Å². The number of methoxy groups -OCH3 is 1. The van der Waals surface area contributed by atoms with Crippen molar-refractivity contribution >= 4 is 23.2 Å². The van der Waals surface area contributed by atoms with Gasteiger partial charge in [0.2, 0.25) is 5.91 Å². The number of aliphatic hydroxyl groups is 1. The maximum absolute atomic E-state index is 13.8. The molecule has 226 valence electrons. The van der Waals surface area contributed by atoms with Gasteiger partial charge in [-0.05, 0) is 91.8 Å². The van der Waals surface area contributed by atoms with Gasteiger partial charge in [-0.1, -0.05) is 56.6 Å². The van der Waals surface area contributed by atoms with Gasteiger partial charge < -0.3 is 19.5 Å². The second-order valence-electron chi connectivity index (χ2n) is 11.0. The molecular formula is C35H45ClN2O4. The van der Waals surface area contributed by atoms with Gasteiger partial charge in [-0.2, -0.15) is 0 Å². The molecule has 0 aliphatic carbocycles. The first-order valence-electron chi connectivity index (χ1n) is 15.3. The van der Waals surface area contributed by atoms with Crippen LogP contribution in [-0.4, -0.2) is 48.3 Å². The molecule has 1 fully saturated rings. The topological polar surface area (TPSA) is 62.2 Å². The highest BCUT2D eigenvalue weighted by atomic mass is 35.5. The van der Waals surface area contributed by atoms with E-state index in [9.17, 15) is 9.90 Å². The van der Waals surface area contributed by atoms with Crippen LogP contribution in [0.25, 0.3) is 0 Å². The molecule has 2 aliphatic heterocycles. The van der Waals surface area contributed by atoms with Gasteiger partial charge >= 0.3 is 0 Å². The Hall–Kier alpha value is -3.06. The van der Waals surface area contributed by atoms with E-state index < -0.39 is 0 Å². The van der Waals surface area contributed by atoms with E-state index in [0.29, 0.717) is 16.5 Å². The van der Waals surface area contributed by atoms with Crippen LogP contribution in [0.2, 0.25) is 5.02 Å². The van der Waals surface area contributed by atoms with Crippen molar-refractivity contribution in [3.05, 3.63) is 87.9 Å². The highest BCUT2D eigenvalue weighted by Gasteiger charge is 2.36. The molecule has 0 aromatic heterocycles. The smallest absolute Gasteiger partial charge is 0.232 e. The molecule has 2 aliphatic rings. The van der Waals surface area contributed by atoms with E-state index in [4.69, 9.17) is 21.1 Å². The average Bonchev–Trinajstić information content (AvgIpc) is 3.02. The fourth-order valence-corrected chi connectivity index (χ4v) is 5.90. The van der Waals surface area contributed by atoms with Gasteiger partial charge in [-0.15, -0.1) is 0 Å². The van der Waals surface area contributed by atoms with Gasteiger partial charge in [-0.25, -0.2) is 0 Å². The number of hydrogen-bond acceptors (Lipinski definition) is 5. The van der Waals surface area contributed by atoms with Crippen LogP contribution in [0.1, 0.15) is 88.2 Å². The number of amides is 1. The SMILES string of the molecule is CC.CC[C@@H](C)Oc1cc2c(cc1OC)CC(=O)N(c1ccc(C(C)N3CCC(O)CC3)cc1)C2c1ccc(Cl)cc1. The summed E-state index contributed by atoms with van der Waals surface area (Å²) >= 11 is 6.26. The zero-order valence-corrected chi connectivity index (χ0v) is 26.5. The van der Waals surface area contributed by atoms with Crippen molar-refractivity contribution in [3.8, 4) is 11.5 Å². The number of hydrogen-bond donors (Lipinski definition) is 1. The summed E-state index contributed by atoms with van der Waals surface area (Å²) in [4.78, 5) is 18.1. The maximum Gasteiger partial charge on any atom is 0.232 e. The average molecular weight is 593 g/mol. The van der Waals surface area contributed by atoms with Crippen LogP contribution in [0.5, 0.6) is 11.5 Å². The molecule has 1 N–H and O–H groups in total. The number of rotatable bonds is 8. The molecule has 42 heavy (non-hydrogen) atoms. The van der Waals surface area contributed by atoms with Crippen LogP contribution in [0.3, 0.4) is 0 Å². The zero-order chi connectivity index (χ0) is 30.4. The first kappa shape index (κ1) is 31.9. The van der Waals surface area contributed by atoms with E-state index >= 15 is 0 Å². The van der Waals surface area contributed by atoms with Gasteiger partial charge in [0.1, 0.15) is 0 Å². The third-order valence-corrected chi connectivity index (χ3v) is 8.63. The molecule has 0 spiro atoms. The molecule has 3 atom stereocenters.